The number of amides is 3. The van der Waals surface area contributed by atoms with Crippen molar-refractivity contribution in [2.45, 2.75) is 31.7 Å². The number of ether oxygens (including phenoxy) is 2. The quantitative estimate of drug-likeness (QED) is 0.138. The summed E-state index contributed by atoms with van der Waals surface area (Å²) in [5.41, 5.74) is 0.878. The van der Waals surface area contributed by atoms with Gasteiger partial charge in [0.2, 0.25) is 5.54 Å². The molecule has 6 rings (SSSR count). The predicted molar refractivity (Wildman–Crippen MR) is 205 cm³/mol. The second-order valence-corrected chi connectivity index (χ2v) is 13.8. The second-order valence-electron chi connectivity index (χ2n) is 13.8. The van der Waals surface area contributed by atoms with E-state index in [0.29, 0.717) is 27.8 Å². The lowest BCUT2D eigenvalue weighted by Gasteiger charge is -2.33. The number of likely N-dealkylation sites (N-methyl/N-ethyl adjacent to an activating group) is 1. The van der Waals surface area contributed by atoms with Crippen LogP contribution in [-0.2, 0) is 43.8 Å². The van der Waals surface area contributed by atoms with E-state index in [1.807, 2.05) is 6.07 Å². The van der Waals surface area contributed by atoms with Gasteiger partial charge in [-0.25, -0.2) is 4.79 Å². The van der Waals surface area contributed by atoms with Crippen LogP contribution >= 0.6 is 0 Å². The van der Waals surface area contributed by atoms with Gasteiger partial charge in [0.25, 0.3) is 17.7 Å². The zero-order valence-corrected chi connectivity index (χ0v) is 31.5. The smallest absolute Gasteiger partial charge is 0.416 e. The first-order valence-corrected chi connectivity index (χ1v) is 17.8. The molecule has 13 heteroatoms. The van der Waals surface area contributed by atoms with Crippen LogP contribution in [0.2, 0.25) is 0 Å². The maximum atomic E-state index is 13.9. The van der Waals surface area contributed by atoms with Gasteiger partial charge in [0.15, 0.2) is 0 Å². The van der Waals surface area contributed by atoms with E-state index in [9.17, 15) is 37.1 Å². The Balaban J connectivity index is 1.23. The van der Waals surface area contributed by atoms with Crippen LogP contribution in [0.25, 0.3) is 11.1 Å². The number of aryl methyl sites for hydroxylation is 1. The number of halogens is 3. The number of hydrogen-bond acceptors (Lipinski definition) is 7. The number of carbonyl (C=O) groups excluding carboxylic acids is 5. The third-order valence-corrected chi connectivity index (χ3v) is 9.81. The summed E-state index contributed by atoms with van der Waals surface area (Å²) < 4.78 is 51.2. The van der Waals surface area contributed by atoms with Crippen LogP contribution < -0.4 is 5.32 Å². The molecule has 1 N–H and O–H groups in total. The number of alkyl halides is 3. The maximum Gasteiger partial charge on any atom is 0.416 e. The van der Waals surface area contributed by atoms with Crippen molar-refractivity contribution in [2.75, 3.05) is 33.1 Å². The van der Waals surface area contributed by atoms with Crippen molar-refractivity contribution in [3.8, 4) is 11.1 Å². The van der Waals surface area contributed by atoms with Crippen molar-refractivity contribution in [3.05, 3.63) is 160 Å². The molecule has 10 nitrogen and oxygen atoms in total. The summed E-state index contributed by atoms with van der Waals surface area (Å²) in [5.74, 6) is -3.10. The van der Waals surface area contributed by atoms with E-state index in [1.165, 1.54) is 67.3 Å². The molecule has 0 spiro atoms. The summed E-state index contributed by atoms with van der Waals surface area (Å²) in [7, 11) is 4.48. The largest absolute Gasteiger partial charge is 0.462 e. The highest BCUT2D eigenvalue weighted by Gasteiger charge is 2.55. The molecule has 1 aliphatic heterocycles. The highest BCUT2D eigenvalue weighted by molar-refractivity contribution is 6.12. The molecule has 0 saturated heterocycles. The molecule has 3 amide bonds. The number of esters is 2. The Morgan fingerprint density at radius 1 is 0.789 bits per heavy atom. The fourth-order valence-electron chi connectivity index (χ4n) is 6.77. The minimum atomic E-state index is -4.53. The van der Waals surface area contributed by atoms with Crippen LogP contribution in [0.4, 0.5) is 18.9 Å². The molecule has 5 aromatic rings. The van der Waals surface area contributed by atoms with Gasteiger partial charge in [0, 0.05) is 37.8 Å². The van der Waals surface area contributed by atoms with Gasteiger partial charge in [0.05, 0.1) is 23.2 Å². The van der Waals surface area contributed by atoms with Crippen LogP contribution in [-0.4, -0.2) is 67.2 Å². The summed E-state index contributed by atoms with van der Waals surface area (Å²) in [5, 5.41) is 2.77. The molecule has 0 bridgehead atoms. The first kappa shape index (κ1) is 39.9. The number of nitrogens with one attached hydrogen (secondary N) is 1. The van der Waals surface area contributed by atoms with Crippen molar-refractivity contribution in [2.24, 2.45) is 0 Å². The highest BCUT2D eigenvalue weighted by atomic mass is 19.4. The first-order chi connectivity index (χ1) is 27.1. The number of hydrogen-bond donors (Lipinski definition) is 1. The molecule has 0 aromatic heterocycles. The molecule has 292 valence electrons. The number of rotatable bonds is 11. The molecule has 1 heterocycles. The van der Waals surface area contributed by atoms with Crippen LogP contribution in [0.1, 0.15) is 58.9 Å². The summed E-state index contributed by atoms with van der Waals surface area (Å²) in [6.45, 7) is 1.11. The third kappa shape index (κ3) is 8.13. The van der Waals surface area contributed by atoms with E-state index in [-0.39, 0.29) is 35.4 Å². The highest BCUT2D eigenvalue weighted by Crippen LogP contribution is 2.40. The van der Waals surface area contributed by atoms with E-state index in [2.05, 4.69) is 5.32 Å². The Hall–Kier alpha value is -6.76. The molecule has 0 saturated carbocycles. The standard InChI is InChI=1S/C44H38F3N3O7/c1-27-11-10-15-33(38(27)30-18-20-31(21-19-30)44(45,46)47)39(52)48-36-22-17-29(23-34(36)40(53)49(2)3)24-37(51)57-26-43(42(55)56-25-28-12-6-5-7-13-28)35-16-9-8-14-32(35)41(54)50(43)4/h5-23H,24-26H2,1-4H3,(H,48,52). The number of nitrogens with zero attached hydrogens (tertiary/aromatic N) is 2. The van der Waals surface area contributed by atoms with Crippen molar-refractivity contribution < 1.29 is 46.6 Å². The van der Waals surface area contributed by atoms with Gasteiger partial charge < -0.3 is 24.6 Å². The molecule has 0 aliphatic carbocycles. The summed E-state index contributed by atoms with van der Waals surface area (Å²) in [6.07, 6.45) is -4.87. The van der Waals surface area contributed by atoms with Gasteiger partial charge in [0.1, 0.15) is 13.2 Å². The van der Waals surface area contributed by atoms with E-state index in [0.717, 1.165) is 17.7 Å². The number of anilines is 1. The monoisotopic (exact) mass is 777 g/mol. The van der Waals surface area contributed by atoms with Crippen molar-refractivity contribution >= 4 is 35.3 Å². The van der Waals surface area contributed by atoms with Crippen molar-refractivity contribution in [1.29, 1.82) is 0 Å². The minimum Gasteiger partial charge on any atom is -0.462 e. The molecule has 5 aromatic carbocycles. The third-order valence-electron chi connectivity index (χ3n) is 9.81. The minimum absolute atomic E-state index is 0.0541. The number of fused-ring (bicyclic) bond motifs is 1. The zero-order chi connectivity index (χ0) is 41.1. The van der Waals surface area contributed by atoms with Gasteiger partial charge in [-0.15, -0.1) is 0 Å². The van der Waals surface area contributed by atoms with Gasteiger partial charge in [-0.2, -0.15) is 13.2 Å². The molecule has 1 atom stereocenters. The first-order valence-electron chi connectivity index (χ1n) is 17.8. The molecule has 0 radical (unpaired) electrons. The normalized spacial score (nSPS) is 14.8. The fraction of sp³-hybridized carbons (Fsp3) is 0.205. The summed E-state index contributed by atoms with van der Waals surface area (Å²) in [6, 6.07) is 29.4. The SMILES string of the molecule is Cc1cccc(C(=O)Nc2ccc(CC(=O)OCC3(C(=O)OCc4ccccc4)c4ccccc4C(=O)N3C)cc2C(=O)N(C)C)c1-c1ccc(C(F)(F)F)cc1. The topological polar surface area (TPSA) is 122 Å². The van der Waals surface area contributed by atoms with Gasteiger partial charge in [-0.05, 0) is 71.1 Å². The van der Waals surface area contributed by atoms with Crippen LogP contribution in [0.3, 0.4) is 0 Å². The van der Waals surface area contributed by atoms with Gasteiger partial charge >= 0.3 is 18.1 Å². The average Bonchev–Trinajstić information content (AvgIpc) is 3.41. The molecule has 0 fully saturated rings. The summed E-state index contributed by atoms with van der Waals surface area (Å²) >= 11 is 0. The molecule has 1 aliphatic rings. The Morgan fingerprint density at radius 2 is 1.47 bits per heavy atom. The van der Waals surface area contributed by atoms with E-state index in [1.54, 1.807) is 67.6 Å². The van der Waals surface area contributed by atoms with Crippen LogP contribution in [0, 0.1) is 6.92 Å². The molecule has 1 unspecified atom stereocenters. The number of benzene rings is 5. The molecular formula is C44H38F3N3O7. The van der Waals surface area contributed by atoms with Crippen LogP contribution in [0.15, 0.2) is 115 Å². The Bertz CT molecular complexity index is 2360. The van der Waals surface area contributed by atoms with Crippen molar-refractivity contribution in [3.63, 3.8) is 0 Å². The van der Waals surface area contributed by atoms with Crippen molar-refractivity contribution in [1.82, 2.24) is 9.80 Å². The lowest BCUT2D eigenvalue weighted by atomic mass is 9.90. The maximum absolute atomic E-state index is 13.9. The van der Waals surface area contributed by atoms with E-state index >= 15 is 0 Å². The average molecular weight is 778 g/mol. The fourth-order valence-corrected chi connectivity index (χ4v) is 6.77. The Labute approximate surface area is 326 Å². The van der Waals surface area contributed by atoms with E-state index < -0.39 is 53.5 Å². The summed E-state index contributed by atoms with van der Waals surface area (Å²) in [4.78, 5) is 70.4. The van der Waals surface area contributed by atoms with Gasteiger partial charge in [-0.1, -0.05) is 78.9 Å². The zero-order valence-electron chi connectivity index (χ0n) is 31.5. The Morgan fingerprint density at radius 3 is 2.16 bits per heavy atom. The molecule has 57 heavy (non-hydrogen) atoms. The lowest BCUT2D eigenvalue weighted by Crippen LogP contribution is -2.52. The van der Waals surface area contributed by atoms with Gasteiger partial charge in [-0.3, -0.25) is 19.2 Å². The van der Waals surface area contributed by atoms with Crippen LogP contribution in [0.5, 0.6) is 0 Å². The predicted octanol–water partition coefficient (Wildman–Crippen LogP) is 7.45. The molecular weight excluding hydrogens is 739 g/mol. The van der Waals surface area contributed by atoms with E-state index in [4.69, 9.17) is 9.47 Å². The lowest BCUT2D eigenvalue weighted by molar-refractivity contribution is -0.165. The Kier molecular flexibility index (Phi) is 11.3. The second kappa shape index (κ2) is 16.1. The number of carbonyl (C=O) groups is 5.